The van der Waals surface area contributed by atoms with E-state index >= 15 is 0 Å². The topological polar surface area (TPSA) is 35.1 Å². The van der Waals surface area contributed by atoms with E-state index in [-0.39, 0.29) is 0 Å². The van der Waals surface area contributed by atoms with Crippen LogP contribution in [0.3, 0.4) is 0 Å². The van der Waals surface area contributed by atoms with E-state index in [1.54, 1.807) is 0 Å². The van der Waals surface area contributed by atoms with Crippen molar-refractivity contribution < 1.29 is 0 Å². The fourth-order valence-corrected chi connectivity index (χ4v) is 6.42. The van der Waals surface area contributed by atoms with Crippen LogP contribution in [0, 0.1) is 0 Å². The van der Waals surface area contributed by atoms with Crippen LogP contribution in [0.25, 0.3) is 77.2 Å². The molecule has 186 valence electrons. The highest BCUT2D eigenvalue weighted by Crippen LogP contribution is 2.41. The van der Waals surface area contributed by atoms with Crippen molar-refractivity contribution in [2.24, 2.45) is 0 Å². The number of aromatic nitrogens is 4. The third-order valence-corrected chi connectivity index (χ3v) is 8.09. The van der Waals surface area contributed by atoms with Crippen LogP contribution in [-0.2, 0) is 0 Å². The molecule has 0 N–H and O–H groups in total. The fraction of sp³-hybridized carbons (Fsp3) is 0. The molecule has 0 saturated carbocycles. The van der Waals surface area contributed by atoms with Crippen molar-refractivity contribution in [2.75, 3.05) is 0 Å². The minimum Gasteiger partial charge on any atom is -0.294 e. The summed E-state index contributed by atoms with van der Waals surface area (Å²) in [6, 6.07) is 46.9. The summed E-state index contributed by atoms with van der Waals surface area (Å²) in [7, 11) is 0. The molecule has 4 nitrogen and oxygen atoms in total. The summed E-state index contributed by atoms with van der Waals surface area (Å²) in [5.41, 5.74) is 8.58. The molecule has 9 rings (SSSR count). The molecule has 0 aliphatic carbocycles. The standard InChI is InChI=1S/C36H22N4/c1-2-11-23(12-3-1)27-16-10-20-33(37-27)39-30-18-8-5-14-26(30)34-32(39)22-21-25-24-13-4-7-17-29(24)40-31-19-9-6-15-28(31)38-36(40)35(25)34/h1-22H. The monoisotopic (exact) mass is 510 g/mol. The lowest BCUT2D eigenvalue weighted by Gasteiger charge is -2.12. The van der Waals surface area contributed by atoms with Gasteiger partial charge >= 0.3 is 0 Å². The zero-order chi connectivity index (χ0) is 26.2. The van der Waals surface area contributed by atoms with Crippen molar-refractivity contribution in [3.8, 4) is 17.1 Å². The molecule has 4 heteroatoms. The largest absolute Gasteiger partial charge is 0.294 e. The molecule has 0 aliphatic heterocycles. The maximum absolute atomic E-state index is 5.22. The summed E-state index contributed by atoms with van der Waals surface area (Å²) in [5.74, 6) is 0.900. The highest BCUT2D eigenvalue weighted by Gasteiger charge is 2.21. The molecule has 0 aliphatic rings. The van der Waals surface area contributed by atoms with Crippen LogP contribution in [0.4, 0.5) is 0 Å². The van der Waals surface area contributed by atoms with Crippen molar-refractivity contribution in [3.05, 3.63) is 133 Å². The summed E-state index contributed by atoms with van der Waals surface area (Å²) in [6.07, 6.45) is 0. The Morgan fingerprint density at radius 1 is 0.425 bits per heavy atom. The Hall–Kier alpha value is -5.48. The van der Waals surface area contributed by atoms with Crippen LogP contribution in [0.2, 0.25) is 0 Å². The van der Waals surface area contributed by atoms with E-state index in [2.05, 4.69) is 136 Å². The van der Waals surface area contributed by atoms with Crippen molar-refractivity contribution >= 4 is 60.2 Å². The summed E-state index contributed by atoms with van der Waals surface area (Å²) in [5, 5.41) is 5.99. The fourth-order valence-electron chi connectivity index (χ4n) is 6.42. The van der Waals surface area contributed by atoms with Crippen molar-refractivity contribution in [1.29, 1.82) is 0 Å². The summed E-state index contributed by atoms with van der Waals surface area (Å²) in [4.78, 5) is 10.4. The van der Waals surface area contributed by atoms with Crippen LogP contribution in [0.15, 0.2) is 133 Å². The molecule has 0 spiro atoms. The summed E-state index contributed by atoms with van der Waals surface area (Å²) in [6.45, 7) is 0. The molecular weight excluding hydrogens is 488 g/mol. The predicted molar refractivity (Wildman–Crippen MR) is 165 cm³/mol. The highest BCUT2D eigenvalue weighted by atomic mass is 15.1. The molecule has 0 fully saturated rings. The molecular formula is C36H22N4. The molecule has 0 bridgehead atoms. The Balaban J connectivity index is 1.49. The molecule has 5 aromatic carbocycles. The molecule has 0 atom stereocenters. The Labute approximate surface area is 229 Å². The van der Waals surface area contributed by atoms with E-state index in [0.717, 1.165) is 44.8 Å². The first-order chi connectivity index (χ1) is 19.9. The molecule has 9 aromatic rings. The van der Waals surface area contributed by atoms with Gasteiger partial charge in [-0.1, -0.05) is 91.0 Å². The Kier molecular flexibility index (Phi) is 4.30. The van der Waals surface area contributed by atoms with Gasteiger partial charge in [0.25, 0.3) is 0 Å². The number of para-hydroxylation sites is 4. The quantitative estimate of drug-likeness (QED) is 0.218. The van der Waals surface area contributed by atoms with Crippen LogP contribution in [0.1, 0.15) is 0 Å². The molecule has 0 radical (unpaired) electrons. The highest BCUT2D eigenvalue weighted by molar-refractivity contribution is 6.29. The number of hydrogen-bond donors (Lipinski definition) is 0. The number of rotatable bonds is 2. The number of hydrogen-bond acceptors (Lipinski definition) is 2. The Morgan fingerprint density at radius 3 is 2.02 bits per heavy atom. The normalized spacial score (nSPS) is 12.0. The van der Waals surface area contributed by atoms with Gasteiger partial charge in [-0.25, -0.2) is 9.97 Å². The molecule has 0 saturated heterocycles. The average molecular weight is 511 g/mol. The first-order valence-corrected chi connectivity index (χ1v) is 13.5. The van der Waals surface area contributed by atoms with E-state index in [0.29, 0.717) is 0 Å². The number of fused-ring (bicyclic) bond motifs is 12. The van der Waals surface area contributed by atoms with Gasteiger partial charge in [0.1, 0.15) is 11.5 Å². The lowest BCUT2D eigenvalue weighted by molar-refractivity contribution is 1.08. The van der Waals surface area contributed by atoms with Crippen LogP contribution in [0.5, 0.6) is 0 Å². The van der Waals surface area contributed by atoms with E-state index < -0.39 is 0 Å². The maximum atomic E-state index is 5.22. The van der Waals surface area contributed by atoms with Gasteiger partial charge in [0, 0.05) is 27.1 Å². The van der Waals surface area contributed by atoms with Gasteiger partial charge in [0.15, 0.2) is 0 Å². The van der Waals surface area contributed by atoms with Crippen molar-refractivity contribution in [3.63, 3.8) is 0 Å². The van der Waals surface area contributed by atoms with Crippen LogP contribution < -0.4 is 0 Å². The van der Waals surface area contributed by atoms with Gasteiger partial charge < -0.3 is 0 Å². The van der Waals surface area contributed by atoms with E-state index in [9.17, 15) is 0 Å². The lowest BCUT2D eigenvalue weighted by atomic mass is 10.0. The van der Waals surface area contributed by atoms with E-state index in [1.165, 1.54) is 32.4 Å². The second-order valence-electron chi connectivity index (χ2n) is 10.3. The third kappa shape index (κ3) is 2.85. The summed E-state index contributed by atoms with van der Waals surface area (Å²) < 4.78 is 4.62. The second kappa shape index (κ2) is 8.01. The van der Waals surface area contributed by atoms with Gasteiger partial charge in [0.05, 0.1) is 33.3 Å². The predicted octanol–water partition coefficient (Wildman–Crippen LogP) is 8.95. The Morgan fingerprint density at radius 2 is 1.15 bits per heavy atom. The zero-order valence-electron chi connectivity index (χ0n) is 21.5. The zero-order valence-corrected chi connectivity index (χ0v) is 21.5. The number of pyridine rings is 2. The Bertz CT molecular complexity index is 2430. The number of imidazole rings is 1. The minimum absolute atomic E-state index is 0.900. The smallest absolute Gasteiger partial charge is 0.147 e. The number of nitrogens with zero attached hydrogens (tertiary/aromatic N) is 4. The van der Waals surface area contributed by atoms with E-state index in [1.807, 2.05) is 6.07 Å². The molecule has 0 unspecified atom stereocenters. The molecule has 40 heavy (non-hydrogen) atoms. The average Bonchev–Trinajstić information content (AvgIpc) is 3.58. The van der Waals surface area contributed by atoms with Gasteiger partial charge in [-0.15, -0.1) is 0 Å². The summed E-state index contributed by atoms with van der Waals surface area (Å²) >= 11 is 0. The first-order valence-electron chi connectivity index (χ1n) is 13.5. The van der Waals surface area contributed by atoms with Gasteiger partial charge in [-0.3, -0.25) is 8.97 Å². The van der Waals surface area contributed by atoms with Crippen molar-refractivity contribution in [2.45, 2.75) is 0 Å². The maximum Gasteiger partial charge on any atom is 0.147 e. The van der Waals surface area contributed by atoms with E-state index in [4.69, 9.17) is 9.97 Å². The van der Waals surface area contributed by atoms with Crippen LogP contribution >= 0.6 is 0 Å². The molecule has 4 heterocycles. The number of benzene rings is 5. The van der Waals surface area contributed by atoms with Gasteiger partial charge in [-0.05, 0) is 47.9 Å². The molecule has 4 aromatic heterocycles. The SMILES string of the molecule is c1ccc(-c2cccc(-n3c4ccccc4c4c5c(ccc43)c3ccccc3n3c4ccccc4nc53)n2)cc1. The lowest BCUT2D eigenvalue weighted by Crippen LogP contribution is -1.98. The van der Waals surface area contributed by atoms with Crippen molar-refractivity contribution in [1.82, 2.24) is 18.9 Å². The minimum atomic E-state index is 0.900. The van der Waals surface area contributed by atoms with Gasteiger partial charge in [0.2, 0.25) is 0 Å². The van der Waals surface area contributed by atoms with Crippen LogP contribution in [-0.4, -0.2) is 18.9 Å². The third-order valence-electron chi connectivity index (χ3n) is 8.09. The molecule has 0 amide bonds. The first kappa shape index (κ1) is 21.5. The second-order valence-corrected chi connectivity index (χ2v) is 10.3. The van der Waals surface area contributed by atoms with Gasteiger partial charge in [-0.2, -0.15) is 0 Å².